The summed E-state index contributed by atoms with van der Waals surface area (Å²) < 4.78 is 31.5. The van der Waals surface area contributed by atoms with Gasteiger partial charge < -0.3 is 15.2 Å². The zero-order valence-corrected chi connectivity index (χ0v) is 21.0. The van der Waals surface area contributed by atoms with E-state index in [1.807, 2.05) is 0 Å². The van der Waals surface area contributed by atoms with Gasteiger partial charge in [-0.2, -0.15) is 4.39 Å². The van der Waals surface area contributed by atoms with Crippen LogP contribution in [0.3, 0.4) is 0 Å². The first kappa shape index (κ1) is 27.1. The van der Waals surface area contributed by atoms with Gasteiger partial charge in [-0.05, 0) is 43.4 Å². The van der Waals surface area contributed by atoms with Crippen molar-refractivity contribution in [2.24, 2.45) is 5.92 Å². The highest BCUT2D eigenvalue weighted by Gasteiger charge is 2.19. The second kappa shape index (κ2) is 13.0. The number of rotatable bonds is 11. The van der Waals surface area contributed by atoms with Gasteiger partial charge in [-0.3, -0.25) is 19.4 Å². The summed E-state index contributed by atoms with van der Waals surface area (Å²) in [6, 6.07) is 6.66. The number of anilines is 1. The molecule has 1 atom stereocenters. The van der Waals surface area contributed by atoms with Gasteiger partial charge in [-0.15, -0.1) is 5.10 Å². The van der Waals surface area contributed by atoms with Crippen LogP contribution < -0.4 is 16.2 Å². The fourth-order valence-corrected chi connectivity index (χ4v) is 4.50. The number of nitrogens with zero attached hydrogens (tertiary/aromatic N) is 5. The third-order valence-corrected chi connectivity index (χ3v) is 6.58. The van der Waals surface area contributed by atoms with Crippen LogP contribution in [0, 0.1) is 11.7 Å². The van der Waals surface area contributed by atoms with Crippen molar-refractivity contribution in [1.82, 2.24) is 29.9 Å². The third kappa shape index (κ3) is 7.53. The van der Waals surface area contributed by atoms with Crippen molar-refractivity contribution in [3.63, 3.8) is 0 Å². The van der Waals surface area contributed by atoms with E-state index in [1.54, 1.807) is 24.4 Å². The Morgan fingerprint density at radius 1 is 1.16 bits per heavy atom. The van der Waals surface area contributed by atoms with Crippen LogP contribution in [0.15, 0.2) is 47.7 Å². The van der Waals surface area contributed by atoms with E-state index in [4.69, 9.17) is 0 Å². The predicted octanol–water partition coefficient (Wildman–Crippen LogP) is 3.24. The summed E-state index contributed by atoms with van der Waals surface area (Å²) in [6.45, 7) is -0.0427. The number of aromatic nitrogens is 5. The predicted molar refractivity (Wildman–Crippen MR) is 135 cm³/mol. The van der Waals surface area contributed by atoms with Crippen molar-refractivity contribution in [1.29, 1.82) is 0 Å². The number of halogens is 2. The van der Waals surface area contributed by atoms with Crippen LogP contribution in [0.5, 0.6) is 0 Å². The average molecular weight is 528 g/mol. The molecule has 4 rings (SSSR count). The molecule has 10 nitrogen and oxygen atoms in total. The number of aryl methyl sites for hydroxylation is 1. The van der Waals surface area contributed by atoms with Crippen molar-refractivity contribution < 1.29 is 18.4 Å². The Morgan fingerprint density at radius 2 is 1.97 bits per heavy atom. The van der Waals surface area contributed by atoms with E-state index in [0.29, 0.717) is 12.1 Å². The summed E-state index contributed by atoms with van der Waals surface area (Å²) in [5.74, 6) is -1.56. The molecule has 3 heterocycles. The summed E-state index contributed by atoms with van der Waals surface area (Å²) in [5, 5.41) is 12.7. The van der Waals surface area contributed by atoms with Gasteiger partial charge in [-0.25, -0.2) is 9.07 Å². The van der Waals surface area contributed by atoms with Crippen molar-refractivity contribution in [2.75, 3.05) is 5.32 Å². The smallest absolute Gasteiger partial charge is 0.288 e. The molecule has 1 aliphatic carbocycles. The molecule has 0 saturated heterocycles. The first-order valence-electron chi connectivity index (χ1n) is 12.8. The highest BCUT2D eigenvalue weighted by Crippen LogP contribution is 2.26. The second-order valence-electron chi connectivity index (χ2n) is 9.51. The largest absolute Gasteiger partial charge is 0.345 e. The zero-order valence-electron chi connectivity index (χ0n) is 21.0. The molecule has 0 radical (unpaired) electrons. The van der Waals surface area contributed by atoms with Gasteiger partial charge in [0, 0.05) is 25.4 Å². The molecule has 1 saturated carbocycles. The van der Waals surface area contributed by atoms with Crippen LogP contribution in [0.2, 0.25) is 0 Å². The van der Waals surface area contributed by atoms with Crippen LogP contribution in [0.25, 0.3) is 0 Å². The first-order valence-corrected chi connectivity index (χ1v) is 12.8. The Bertz CT molecular complexity index is 1290. The van der Waals surface area contributed by atoms with Crippen LogP contribution in [0.1, 0.15) is 61.1 Å². The molecule has 202 valence electrons. The van der Waals surface area contributed by atoms with E-state index >= 15 is 0 Å². The van der Waals surface area contributed by atoms with E-state index in [-0.39, 0.29) is 49.3 Å². The maximum absolute atomic E-state index is 14.6. The molecule has 12 heteroatoms. The Morgan fingerprint density at radius 3 is 2.74 bits per heavy atom. The molecular weight excluding hydrogens is 496 g/mol. The number of nitrogens with one attached hydrogen (secondary N) is 2. The Kier molecular flexibility index (Phi) is 9.28. The number of carbonyl (C=O) groups is 2. The minimum Gasteiger partial charge on any atom is -0.345 e. The molecule has 2 amide bonds. The van der Waals surface area contributed by atoms with Gasteiger partial charge in [-0.1, -0.05) is 30.5 Å². The molecule has 2 N–H and O–H groups in total. The Labute approximate surface area is 218 Å². The molecule has 3 aromatic rings. The van der Waals surface area contributed by atoms with E-state index < -0.39 is 23.5 Å². The number of carbonyl (C=O) groups excluding carboxylic acids is 2. The molecule has 0 aliphatic heterocycles. The average Bonchev–Trinajstić information content (AvgIpc) is 3.39. The molecular formula is C26H31F2N7O3. The summed E-state index contributed by atoms with van der Waals surface area (Å²) in [4.78, 5) is 41.1. The number of hydrogen-bond donors (Lipinski definition) is 2. The van der Waals surface area contributed by atoms with E-state index in [2.05, 4.69) is 25.9 Å². The van der Waals surface area contributed by atoms with Gasteiger partial charge in [0.1, 0.15) is 6.17 Å². The summed E-state index contributed by atoms with van der Waals surface area (Å²) in [5.41, 5.74) is -0.383. The van der Waals surface area contributed by atoms with E-state index in [9.17, 15) is 23.2 Å². The number of alkyl halides is 1. The van der Waals surface area contributed by atoms with Gasteiger partial charge in [0.15, 0.2) is 5.69 Å². The van der Waals surface area contributed by atoms with Crippen molar-refractivity contribution in [3.05, 3.63) is 70.4 Å². The Balaban J connectivity index is 1.24. The van der Waals surface area contributed by atoms with Crippen LogP contribution in [-0.2, 0) is 24.4 Å². The van der Waals surface area contributed by atoms with E-state index in [0.717, 1.165) is 30.3 Å². The topological polar surface area (TPSA) is 124 Å². The number of amides is 2. The lowest BCUT2D eigenvalue weighted by atomic mass is 9.87. The Hall–Kier alpha value is -3.96. The minimum atomic E-state index is -1.43. The molecule has 1 fully saturated rings. The van der Waals surface area contributed by atoms with Gasteiger partial charge in [0.25, 0.3) is 11.5 Å². The summed E-state index contributed by atoms with van der Waals surface area (Å²) in [6.07, 6.45) is 8.41. The van der Waals surface area contributed by atoms with Crippen molar-refractivity contribution in [2.45, 2.75) is 70.8 Å². The quantitative estimate of drug-likeness (QED) is 0.395. The second-order valence-corrected chi connectivity index (χ2v) is 9.51. The molecule has 1 aliphatic rings. The van der Waals surface area contributed by atoms with Crippen LogP contribution in [0.4, 0.5) is 14.5 Å². The van der Waals surface area contributed by atoms with Crippen LogP contribution >= 0.6 is 0 Å². The number of hydrogen-bond acceptors (Lipinski definition) is 6. The lowest BCUT2D eigenvalue weighted by molar-refractivity contribution is -0.117. The summed E-state index contributed by atoms with van der Waals surface area (Å²) >= 11 is 0. The standard InChI is InChI=1S/C26H31F2N7O3/c27-19(16-35-17-22(32-33-35)25(37)30-15-20-8-4-5-11-29-20)9-12-34-13-10-21(24(28)26(34)38)31-23(36)14-18-6-2-1-3-7-18/h4-5,8,10-11,13,17-19H,1-3,6-7,9,12,14-16H2,(H,30,37)(H,31,36). The van der Waals surface area contributed by atoms with Gasteiger partial charge in [0.2, 0.25) is 11.7 Å². The SMILES string of the molecule is O=C(CC1CCCCC1)Nc1ccn(CCC(F)Cn2cc(C(=O)NCc3ccccn3)nn2)c(=O)c1F. The highest BCUT2D eigenvalue weighted by atomic mass is 19.1. The monoisotopic (exact) mass is 527 g/mol. The van der Waals surface area contributed by atoms with Crippen LogP contribution in [-0.4, -0.2) is 42.5 Å². The molecule has 3 aromatic heterocycles. The lowest BCUT2D eigenvalue weighted by Crippen LogP contribution is -2.27. The third-order valence-electron chi connectivity index (χ3n) is 6.58. The minimum absolute atomic E-state index is 0.0348. The molecule has 0 spiro atoms. The fraction of sp³-hybridized carbons (Fsp3) is 0.462. The van der Waals surface area contributed by atoms with Gasteiger partial charge in [0.05, 0.1) is 30.7 Å². The molecule has 38 heavy (non-hydrogen) atoms. The van der Waals surface area contributed by atoms with E-state index in [1.165, 1.54) is 29.6 Å². The maximum Gasteiger partial charge on any atom is 0.288 e. The normalized spacial score (nSPS) is 14.7. The van der Waals surface area contributed by atoms with Gasteiger partial charge >= 0.3 is 0 Å². The lowest BCUT2D eigenvalue weighted by Gasteiger charge is -2.20. The molecule has 1 unspecified atom stereocenters. The summed E-state index contributed by atoms with van der Waals surface area (Å²) in [7, 11) is 0. The maximum atomic E-state index is 14.6. The van der Waals surface area contributed by atoms with Crippen molar-refractivity contribution >= 4 is 17.5 Å². The zero-order chi connectivity index (χ0) is 26.9. The molecule has 0 bridgehead atoms. The van der Waals surface area contributed by atoms with Crippen molar-refractivity contribution in [3.8, 4) is 0 Å². The fourth-order valence-electron chi connectivity index (χ4n) is 4.50. The number of pyridine rings is 2. The highest BCUT2D eigenvalue weighted by molar-refractivity contribution is 5.91. The molecule has 0 aromatic carbocycles. The first-order chi connectivity index (χ1) is 18.4.